The van der Waals surface area contributed by atoms with Gasteiger partial charge in [0.15, 0.2) is 5.82 Å². The van der Waals surface area contributed by atoms with Crippen LogP contribution >= 0.6 is 0 Å². The van der Waals surface area contributed by atoms with Gasteiger partial charge in [-0.3, -0.25) is 20.8 Å². The Kier molecular flexibility index (Phi) is 4.41. The second-order valence-corrected chi connectivity index (χ2v) is 3.99. The average Bonchev–Trinajstić information content (AvgIpc) is 2.99. The molecule has 10 heteroatoms. The summed E-state index contributed by atoms with van der Waals surface area (Å²) < 4.78 is 4.55. The molecule has 0 aliphatic rings. The van der Waals surface area contributed by atoms with Crippen LogP contribution in [0.2, 0.25) is 0 Å². The normalized spacial score (nSPS) is 10.1. The molecule has 0 spiro atoms. The van der Waals surface area contributed by atoms with Crippen molar-refractivity contribution in [3.8, 4) is 0 Å². The molecule has 4 N–H and O–H groups in total. The fraction of sp³-hybridized carbons (Fsp3) is 0.182. The number of hydrogen-bond acceptors (Lipinski definition) is 8. The molecule has 0 fully saturated rings. The Bertz CT molecular complexity index is 642. The Morgan fingerprint density at radius 3 is 2.90 bits per heavy atom. The molecule has 10 nitrogen and oxygen atoms in total. The van der Waals surface area contributed by atoms with Gasteiger partial charge < -0.3 is 15.3 Å². The first-order valence-electron chi connectivity index (χ1n) is 5.90. The van der Waals surface area contributed by atoms with Crippen LogP contribution in [0.5, 0.6) is 0 Å². The number of nitrogens with zero attached hydrogens (tertiary/aromatic N) is 3. The number of hydrogen-bond donors (Lipinski definition) is 3. The summed E-state index contributed by atoms with van der Waals surface area (Å²) >= 11 is 0. The average molecular weight is 292 g/mol. The van der Waals surface area contributed by atoms with Crippen molar-refractivity contribution in [2.24, 2.45) is 5.84 Å². The van der Waals surface area contributed by atoms with Gasteiger partial charge in [0.2, 0.25) is 6.39 Å². The minimum atomic E-state index is -0.631. The van der Waals surface area contributed by atoms with Crippen molar-refractivity contribution in [1.82, 2.24) is 15.5 Å². The van der Waals surface area contributed by atoms with Crippen LogP contribution in [0.3, 0.4) is 0 Å². The highest BCUT2D eigenvalue weighted by atomic mass is 16.6. The van der Waals surface area contributed by atoms with Crippen LogP contribution in [-0.4, -0.2) is 27.5 Å². The number of carbonyl (C=O) groups excluding carboxylic acids is 1. The lowest BCUT2D eigenvalue weighted by Gasteiger charge is -2.06. The van der Waals surface area contributed by atoms with E-state index in [4.69, 9.17) is 5.84 Å². The van der Waals surface area contributed by atoms with Crippen molar-refractivity contribution >= 4 is 17.3 Å². The van der Waals surface area contributed by atoms with Gasteiger partial charge in [-0.2, -0.15) is 4.98 Å². The standard InChI is InChI=1S/C11H12N6O4/c12-15-7-1-2-9(17(19)20)8(5-7)11(18)13-4-3-10-14-6-21-16-10/h1-2,5-6,15H,3-4,12H2,(H,13,18). The molecule has 1 aromatic carbocycles. The predicted octanol–water partition coefficient (Wildman–Crippen LogP) is 0.236. The summed E-state index contributed by atoms with van der Waals surface area (Å²) in [5.41, 5.74) is 2.34. The largest absolute Gasteiger partial charge is 0.351 e. The molecule has 0 saturated heterocycles. The first-order valence-corrected chi connectivity index (χ1v) is 5.90. The highest BCUT2D eigenvalue weighted by molar-refractivity contribution is 5.99. The number of carbonyl (C=O) groups is 1. The van der Waals surface area contributed by atoms with Crippen molar-refractivity contribution < 1.29 is 14.2 Å². The Balaban J connectivity index is 2.08. The molecule has 21 heavy (non-hydrogen) atoms. The van der Waals surface area contributed by atoms with Crippen molar-refractivity contribution in [3.63, 3.8) is 0 Å². The molecule has 1 heterocycles. The van der Waals surface area contributed by atoms with Gasteiger partial charge in [0.05, 0.1) is 4.92 Å². The van der Waals surface area contributed by atoms with Crippen LogP contribution < -0.4 is 16.6 Å². The summed E-state index contributed by atoms with van der Waals surface area (Å²) in [5, 5.41) is 17.1. The maximum Gasteiger partial charge on any atom is 0.282 e. The zero-order valence-electron chi connectivity index (χ0n) is 10.8. The molecule has 0 saturated carbocycles. The lowest BCUT2D eigenvalue weighted by molar-refractivity contribution is -0.385. The van der Waals surface area contributed by atoms with Crippen LogP contribution in [0.1, 0.15) is 16.2 Å². The zero-order chi connectivity index (χ0) is 15.2. The summed E-state index contributed by atoms with van der Waals surface area (Å²) in [5.74, 6) is 5.08. The Hall–Kier alpha value is -3.01. The monoisotopic (exact) mass is 292 g/mol. The summed E-state index contributed by atoms with van der Waals surface area (Å²) in [4.78, 5) is 26.1. The molecule has 1 aromatic heterocycles. The van der Waals surface area contributed by atoms with Crippen LogP contribution in [-0.2, 0) is 6.42 Å². The van der Waals surface area contributed by atoms with E-state index in [-0.39, 0.29) is 17.8 Å². The molecule has 0 aliphatic heterocycles. The minimum absolute atomic E-state index is 0.0800. The van der Waals surface area contributed by atoms with Crippen LogP contribution in [0.15, 0.2) is 29.1 Å². The van der Waals surface area contributed by atoms with Crippen LogP contribution in [0.25, 0.3) is 0 Å². The highest BCUT2D eigenvalue weighted by Crippen LogP contribution is 2.22. The number of nitro groups is 1. The third-order valence-electron chi connectivity index (χ3n) is 2.65. The second kappa shape index (κ2) is 6.43. The van der Waals surface area contributed by atoms with E-state index >= 15 is 0 Å². The van der Waals surface area contributed by atoms with E-state index in [0.29, 0.717) is 17.9 Å². The van der Waals surface area contributed by atoms with Crippen molar-refractivity contribution in [2.75, 3.05) is 12.0 Å². The van der Waals surface area contributed by atoms with Gasteiger partial charge in [0.1, 0.15) is 5.56 Å². The number of nitro benzene ring substituents is 1. The highest BCUT2D eigenvalue weighted by Gasteiger charge is 2.20. The number of aromatic nitrogens is 2. The number of nitrogens with one attached hydrogen (secondary N) is 2. The van der Waals surface area contributed by atoms with Gasteiger partial charge in [-0.1, -0.05) is 5.16 Å². The number of nitrogen functional groups attached to an aromatic ring is 1. The van der Waals surface area contributed by atoms with E-state index in [1.807, 2.05) is 0 Å². The minimum Gasteiger partial charge on any atom is -0.351 e. The number of amides is 1. The van der Waals surface area contributed by atoms with Gasteiger partial charge in [-0.25, -0.2) is 0 Å². The fourth-order valence-corrected chi connectivity index (χ4v) is 1.65. The summed E-state index contributed by atoms with van der Waals surface area (Å²) in [6, 6.07) is 3.93. The SMILES string of the molecule is NNc1ccc([N+](=O)[O-])c(C(=O)NCCc2ncon2)c1. The maximum atomic E-state index is 12.0. The topological polar surface area (TPSA) is 149 Å². The number of benzene rings is 1. The summed E-state index contributed by atoms with van der Waals surface area (Å²) in [6.07, 6.45) is 1.53. The first-order chi connectivity index (χ1) is 10.1. The molecular formula is C11H12N6O4. The summed E-state index contributed by atoms with van der Waals surface area (Å²) in [7, 11) is 0. The van der Waals surface area contributed by atoms with E-state index in [2.05, 4.69) is 25.4 Å². The second-order valence-electron chi connectivity index (χ2n) is 3.99. The molecule has 0 aliphatic carbocycles. The molecule has 0 bridgehead atoms. The molecule has 110 valence electrons. The van der Waals surface area contributed by atoms with E-state index < -0.39 is 10.8 Å². The van der Waals surface area contributed by atoms with E-state index in [1.54, 1.807) is 0 Å². The maximum absolute atomic E-state index is 12.0. The molecule has 2 aromatic rings. The number of hydrazine groups is 1. The Morgan fingerprint density at radius 1 is 1.48 bits per heavy atom. The quantitative estimate of drug-likeness (QED) is 0.389. The lowest BCUT2D eigenvalue weighted by Crippen LogP contribution is -2.27. The lowest BCUT2D eigenvalue weighted by atomic mass is 10.1. The van der Waals surface area contributed by atoms with Gasteiger partial charge in [-0.15, -0.1) is 0 Å². The zero-order valence-corrected chi connectivity index (χ0v) is 10.8. The molecule has 1 amide bonds. The van der Waals surface area contributed by atoms with Crippen LogP contribution in [0, 0.1) is 10.1 Å². The number of anilines is 1. The van der Waals surface area contributed by atoms with Gasteiger partial charge in [0, 0.05) is 24.7 Å². The first kappa shape index (κ1) is 14.4. The van der Waals surface area contributed by atoms with Gasteiger partial charge >= 0.3 is 0 Å². The molecule has 0 unspecified atom stereocenters. The van der Waals surface area contributed by atoms with Crippen molar-refractivity contribution in [2.45, 2.75) is 6.42 Å². The van der Waals surface area contributed by atoms with Gasteiger partial charge in [0.25, 0.3) is 11.6 Å². The Morgan fingerprint density at radius 2 is 2.29 bits per heavy atom. The fourth-order valence-electron chi connectivity index (χ4n) is 1.65. The summed E-state index contributed by atoms with van der Waals surface area (Å²) in [6.45, 7) is 0.218. The van der Waals surface area contributed by atoms with Crippen molar-refractivity contribution in [1.29, 1.82) is 0 Å². The molecule has 0 radical (unpaired) electrons. The van der Waals surface area contributed by atoms with E-state index in [1.165, 1.54) is 24.6 Å². The van der Waals surface area contributed by atoms with Crippen LogP contribution in [0.4, 0.5) is 11.4 Å². The van der Waals surface area contributed by atoms with E-state index in [0.717, 1.165) is 0 Å². The smallest absolute Gasteiger partial charge is 0.282 e. The van der Waals surface area contributed by atoms with Crippen molar-refractivity contribution in [3.05, 3.63) is 46.1 Å². The number of rotatable bonds is 6. The predicted molar refractivity (Wildman–Crippen MR) is 71.2 cm³/mol. The molecule has 2 rings (SSSR count). The van der Waals surface area contributed by atoms with Gasteiger partial charge in [-0.05, 0) is 12.1 Å². The third kappa shape index (κ3) is 3.51. The Labute approximate surface area is 118 Å². The number of nitrogens with two attached hydrogens (primary N) is 1. The third-order valence-corrected chi connectivity index (χ3v) is 2.65. The molecular weight excluding hydrogens is 280 g/mol. The van der Waals surface area contributed by atoms with E-state index in [9.17, 15) is 14.9 Å². The molecule has 0 atom stereocenters.